The van der Waals surface area contributed by atoms with E-state index in [2.05, 4.69) is 4.98 Å². The van der Waals surface area contributed by atoms with Crippen LogP contribution in [0.5, 0.6) is 0 Å². The quantitative estimate of drug-likeness (QED) is 0.692. The van der Waals surface area contributed by atoms with Gasteiger partial charge >= 0.3 is 5.97 Å². The molecule has 100 valence electrons. The summed E-state index contributed by atoms with van der Waals surface area (Å²) in [6.07, 6.45) is 3.03. The maximum atomic E-state index is 11.9. The minimum Gasteiger partial charge on any atom is -0.454 e. The third kappa shape index (κ3) is 3.96. The lowest BCUT2D eigenvalue weighted by Crippen LogP contribution is -2.09. The second-order valence-corrected chi connectivity index (χ2v) is 3.96. The molecule has 0 spiro atoms. The van der Waals surface area contributed by atoms with Gasteiger partial charge in [0, 0.05) is 23.6 Å². The van der Waals surface area contributed by atoms with E-state index >= 15 is 0 Å². The van der Waals surface area contributed by atoms with Gasteiger partial charge in [-0.1, -0.05) is 6.07 Å². The van der Waals surface area contributed by atoms with E-state index in [1.54, 1.807) is 36.7 Å². The Kier molecular flexibility index (Phi) is 5.33. The van der Waals surface area contributed by atoms with Gasteiger partial charge in [0.05, 0.1) is 5.56 Å². The zero-order chi connectivity index (χ0) is 13.0. The lowest BCUT2D eigenvalue weighted by Gasteiger charge is -2.13. The number of hydrogen-bond donors (Lipinski definition) is 1. The van der Waals surface area contributed by atoms with E-state index in [-0.39, 0.29) is 24.5 Å². The van der Waals surface area contributed by atoms with Crippen LogP contribution in [0.25, 0.3) is 0 Å². The van der Waals surface area contributed by atoms with Crippen molar-refractivity contribution in [3.05, 3.63) is 59.9 Å². The predicted molar refractivity (Wildman–Crippen MR) is 76.2 cm³/mol. The molecule has 1 aromatic heterocycles. The van der Waals surface area contributed by atoms with Crippen LogP contribution >= 0.6 is 12.4 Å². The average Bonchev–Trinajstić information content (AvgIpc) is 2.40. The number of hydrogen-bond acceptors (Lipinski definition) is 4. The Morgan fingerprint density at radius 2 is 1.95 bits per heavy atom. The molecule has 0 aliphatic rings. The molecular formula is C14H15ClN2O2. The highest BCUT2D eigenvalue weighted by atomic mass is 35.5. The standard InChI is InChI=1S/C14H14N2O2.ClH/c1-10(12-3-2-8-16-9-12)18-14(17)11-4-6-13(15)7-5-11;/h2-10H,15H2,1H3;1H. The van der Waals surface area contributed by atoms with Crippen molar-refractivity contribution >= 4 is 24.1 Å². The number of anilines is 1. The van der Waals surface area contributed by atoms with E-state index in [0.29, 0.717) is 11.3 Å². The molecule has 0 radical (unpaired) electrons. The number of halogens is 1. The molecule has 1 atom stereocenters. The van der Waals surface area contributed by atoms with E-state index in [4.69, 9.17) is 10.5 Å². The van der Waals surface area contributed by atoms with E-state index in [1.165, 1.54) is 0 Å². The summed E-state index contributed by atoms with van der Waals surface area (Å²) in [6.45, 7) is 1.81. The molecule has 0 bridgehead atoms. The van der Waals surface area contributed by atoms with Gasteiger partial charge in [0.1, 0.15) is 6.10 Å². The van der Waals surface area contributed by atoms with Gasteiger partial charge in [0.2, 0.25) is 0 Å². The topological polar surface area (TPSA) is 65.2 Å². The largest absolute Gasteiger partial charge is 0.454 e. The minimum atomic E-state index is -0.369. The predicted octanol–water partition coefficient (Wildman–Crippen LogP) is 3.00. The molecule has 0 saturated heterocycles. The van der Waals surface area contributed by atoms with Crippen LogP contribution in [0.2, 0.25) is 0 Å². The van der Waals surface area contributed by atoms with Crippen molar-refractivity contribution in [3.63, 3.8) is 0 Å². The fraction of sp³-hybridized carbons (Fsp3) is 0.143. The summed E-state index contributed by atoms with van der Waals surface area (Å²) >= 11 is 0. The average molecular weight is 279 g/mol. The van der Waals surface area contributed by atoms with Gasteiger partial charge in [-0.25, -0.2) is 4.79 Å². The summed E-state index contributed by atoms with van der Waals surface area (Å²) in [5, 5.41) is 0. The highest BCUT2D eigenvalue weighted by Crippen LogP contribution is 2.17. The first-order chi connectivity index (χ1) is 8.66. The summed E-state index contributed by atoms with van der Waals surface area (Å²) in [5.41, 5.74) is 7.52. The van der Waals surface area contributed by atoms with E-state index in [1.807, 2.05) is 19.1 Å². The normalized spacial score (nSPS) is 11.2. The van der Waals surface area contributed by atoms with Crippen molar-refractivity contribution in [2.45, 2.75) is 13.0 Å². The van der Waals surface area contributed by atoms with E-state index in [9.17, 15) is 4.79 Å². The fourth-order valence-corrected chi connectivity index (χ4v) is 1.53. The lowest BCUT2D eigenvalue weighted by molar-refractivity contribution is 0.0337. The molecule has 1 aromatic carbocycles. The van der Waals surface area contributed by atoms with Gasteiger partial charge in [-0.2, -0.15) is 0 Å². The Hall–Kier alpha value is -2.07. The van der Waals surface area contributed by atoms with Crippen LogP contribution in [0.15, 0.2) is 48.8 Å². The van der Waals surface area contributed by atoms with Gasteiger partial charge in [0.15, 0.2) is 0 Å². The van der Waals surface area contributed by atoms with Crippen LogP contribution in [0, 0.1) is 0 Å². The maximum Gasteiger partial charge on any atom is 0.338 e. The number of ether oxygens (including phenoxy) is 1. The van der Waals surface area contributed by atoms with Crippen molar-refractivity contribution in [2.75, 3.05) is 5.73 Å². The summed E-state index contributed by atoms with van der Waals surface area (Å²) < 4.78 is 5.34. The van der Waals surface area contributed by atoms with Crippen molar-refractivity contribution in [1.29, 1.82) is 0 Å². The zero-order valence-corrected chi connectivity index (χ0v) is 11.3. The van der Waals surface area contributed by atoms with Crippen molar-refractivity contribution in [1.82, 2.24) is 4.98 Å². The second kappa shape index (κ2) is 6.75. The summed E-state index contributed by atoms with van der Waals surface area (Å²) in [4.78, 5) is 15.8. The lowest BCUT2D eigenvalue weighted by atomic mass is 10.2. The minimum absolute atomic E-state index is 0. The molecule has 19 heavy (non-hydrogen) atoms. The molecule has 4 nitrogen and oxygen atoms in total. The molecule has 0 amide bonds. The molecule has 1 unspecified atom stereocenters. The molecule has 2 aromatic rings. The Labute approximate surface area is 118 Å². The highest BCUT2D eigenvalue weighted by molar-refractivity contribution is 5.89. The number of pyridine rings is 1. The first-order valence-electron chi connectivity index (χ1n) is 5.63. The summed E-state index contributed by atoms with van der Waals surface area (Å²) in [6, 6.07) is 10.3. The van der Waals surface area contributed by atoms with Gasteiger partial charge < -0.3 is 10.5 Å². The first kappa shape index (κ1) is 15.0. The Bertz CT molecular complexity index is 529. The van der Waals surface area contributed by atoms with E-state index < -0.39 is 0 Å². The maximum absolute atomic E-state index is 11.9. The van der Waals surface area contributed by atoms with Crippen molar-refractivity contribution in [2.24, 2.45) is 0 Å². The van der Waals surface area contributed by atoms with Crippen LogP contribution in [0.4, 0.5) is 5.69 Å². The monoisotopic (exact) mass is 278 g/mol. The van der Waals surface area contributed by atoms with Crippen molar-refractivity contribution in [3.8, 4) is 0 Å². The number of nitrogen functional groups attached to an aromatic ring is 1. The number of benzene rings is 1. The Morgan fingerprint density at radius 3 is 2.53 bits per heavy atom. The van der Waals surface area contributed by atoms with Crippen LogP contribution in [0.1, 0.15) is 28.9 Å². The highest BCUT2D eigenvalue weighted by Gasteiger charge is 2.13. The molecule has 5 heteroatoms. The van der Waals surface area contributed by atoms with E-state index in [0.717, 1.165) is 5.56 Å². The number of nitrogens with zero attached hydrogens (tertiary/aromatic N) is 1. The third-order valence-electron chi connectivity index (χ3n) is 2.58. The molecule has 0 fully saturated rings. The summed E-state index contributed by atoms with van der Waals surface area (Å²) in [5.74, 6) is -0.369. The van der Waals surface area contributed by atoms with Crippen LogP contribution in [-0.4, -0.2) is 11.0 Å². The van der Waals surface area contributed by atoms with Crippen LogP contribution in [-0.2, 0) is 4.74 Å². The molecular weight excluding hydrogens is 264 g/mol. The smallest absolute Gasteiger partial charge is 0.338 e. The van der Waals surface area contributed by atoms with Gasteiger partial charge in [0.25, 0.3) is 0 Å². The first-order valence-corrected chi connectivity index (χ1v) is 5.63. The number of rotatable bonds is 3. The molecule has 0 saturated carbocycles. The van der Waals surface area contributed by atoms with Crippen molar-refractivity contribution < 1.29 is 9.53 Å². The number of carbonyl (C=O) groups is 1. The van der Waals surface area contributed by atoms with Gasteiger partial charge in [-0.3, -0.25) is 4.98 Å². The number of aromatic nitrogens is 1. The molecule has 1 heterocycles. The Balaban J connectivity index is 0.00000180. The van der Waals surface area contributed by atoms with Gasteiger partial charge in [-0.05, 0) is 37.3 Å². The number of nitrogens with two attached hydrogens (primary N) is 1. The van der Waals surface area contributed by atoms with Crippen LogP contribution < -0.4 is 5.73 Å². The molecule has 0 aliphatic carbocycles. The number of carbonyl (C=O) groups excluding carboxylic acids is 1. The second-order valence-electron chi connectivity index (χ2n) is 3.96. The summed E-state index contributed by atoms with van der Waals surface area (Å²) in [7, 11) is 0. The fourth-order valence-electron chi connectivity index (χ4n) is 1.53. The van der Waals surface area contributed by atoms with Crippen LogP contribution in [0.3, 0.4) is 0 Å². The molecule has 2 rings (SSSR count). The third-order valence-corrected chi connectivity index (χ3v) is 2.58. The molecule has 2 N–H and O–H groups in total. The zero-order valence-electron chi connectivity index (χ0n) is 10.4. The number of esters is 1. The SMILES string of the molecule is CC(OC(=O)c1ccc(N)cc1)c1cccnc1.Cl. The Morgan fingerprint density at radius 1 is 1.26 bits per heavy atom. The van der Waals surface area contributed by atoms with Gasteiger partial charge in [-0.15, -0.1) is 12.4 Å². The molecule has 0 aliphatic heterocycles.